The Morgan fingerprint density at radius 3 is 1.68 bits per heavy atom. The number of hydrogen-bond acceptors (Lipinski definition) is 5. The molecule has 0 spiro atoms. The first kappa shape index (κ1) is 31.5. The molecule has 3 N–H and O–H groups in total. The summed E-state index contributed by atoms with van der Waals surface area (Å²) >= 11 is 0. The SMILES string of the molecule is COC(=O)[C@@]1(O)C[C@@H](C)[C@H](O)[C@H](O)C1.[B][B]B(B([B])[B])B(B([B])[B])B(B([B])[B])B([B])[B]. The molecule has 0 aromatic heterocycles. The number of aliphatic hydroxyl groups excluding tert-OH is 2. The van der Waals surface area contributed by atoms with E-state index >= 15 is 0 Å². The maximum atomic E-state index is 11.2. The van der Waals surface area contributed by atoms with Gasteiger partial charge in [0.1, 0.15) is 0 Å². The van der Waals surface area contributed by atoms with Gasteiger partial charge in [-0.05, 0) is 12.3 Å². The number of esters is 1. The Kier molecular flexibility index (Phi) is 14.2. The van der Waals surface area contributed by atoms with Gasteiger partial charge in [-0.15, -0.1) is 0 Å². The molecule has 22 heteroatoms. The number of carbonyl (C=O) groups excluding carboxylic acids is 1. The van der Waals surface area contributed by atoms with Crippen LogP contribution in [-0.2, 0) is 9.53 Å². The van der Waals surface area contributed by atoms with E-state index in [0.29, 0.717) is 0 Å². The summed E-state index contributed by atoms with van der Waals surface area (Å²) in [5.41, 5.74) is -1.66. The molecule has 5 nitrogen and oxygen atoms in total. The van der Waals surface area contributed by atoms with Crippen LogP contribution in [0, 0.1) is 5.92 Å². The molecule has 0 aromatic carbocycles. The van der Waals surface area contributed by atoms with E-state index in [9.17, 15) is 20.1 Å². The lowest BCUT2D eigenvalue weighted by Gasteiger charge is -2.39. The molecule has 4 atom stereocenters. The highest BCUT2D eigenvalue weighted by Gasteiger charge is 2.48. The van der Waals surface area contributed by atoms with Gasteiger partial charge in [-0.2, -0.15) is 0 Å². The van der Waals surface area contributed by atoms with Gasteiger partial charge in [-0.25, -0.2) is 4.79 Å². The molecule has 0 amide bonds. The van der Waals surface area contributed by atoms with Crippen molar-refractivity contribution in [2.24, 2.45) is 5.92 Å². The Morgan fingerprint density at radius 2 is 1.39 bits per heavy atom. The summed E-state index contributed by atoms with van der Waals surface area (Å²) in [5, 5.41) is 28.7. The minimum absolute atomic E-state index is 0.109. The van der Waals surface area contributed by atoms with Crippen molar-refractivity contribution in [3.63, 3.8) is 0 Å². The molecule has 133 valence electrons. The number of methoxy groups -OCH3 is 1. The topological polar surface area (TPSA) is 87.0 Å². The fourth-order valence-electron chi connectivity index (χ4n) is 3.99. The van der Waals surface area contributed by atoms with Crippen LogP contribution >= 0.6 is 0 Å². The largest absolute Gasteiger partial charge is 0.467 e. The van der Waals surface area contributed by atoms with Gasteiger partial charge in [0.25, 0.3) is 0 Å². The third kappa shape index (κ3) is 8.96. The second-order valence-corrected chi connectivity index (χ2v) is 8.20. The first-order chi connectivity index (χ1) is 14.1. The predicted molar refractivity (Wildman–Crippen MR) is 145 cm³/mol. The molecule has 1 saturated carbocycles. The van der Waals surface area contributed by atoms with E-state index < -0.39 is 68.5 Å². The maximum Gasteiger partial charge on any atom is 0.337 e. The van der Waals surface area contributed by atoms with E-state index in [4.69, 9.17) is 69.6 Å². The van der Waals surface area contributed by atoms with E-state index in [0.717, 1.165) is 0 Å². The van der Waals surface area contributed by atoms with Crippen LogP contribution in [-0.4, -0.2) is 168 Å². The summed E-state index contributed by atoms with van der Waals surface area (Å²) in [5.74, 6) is -1.09. The standard InChI is InChI=1S/C9H16O5.B17/c1-5-3-9(13,8(12)14-2)4-6(10)7(5)11;1-10-15(11(2)3)17(14(8)9)16(12(4)5)13(6)7/h5-7,10-11,13H,3-4H2,1-2H3;/t5-,6-,7+,9-;/m1./s1. The van der Waals surface area contributed by atoms with Gasteiger partial charge in [0.15, 0.2) is 5.60 Å². The molecule has 1 aliphatic rings. The fraction of sp³-hybridized carbons (Fsp3) is 0.889. The summed E-state index contributed by atoms with van der Waals surface area (Å²) in [6.07, 6.45) is -6.69. The van der Waals surface area contributed by atoms with Crippen LogP contribution in [0.4, 0.5) is 0 Å². The van der Waals surface area contributed by atoms with Gasteiger partial charge in [-0.3, -0.25) is 0 Å². The van der Waals surface area contributed by atoms with Crippen molar-refractivity contribution in [2.75, 3.05) is 7.11 Å². The number of carbonyl (C=O) groups is 1. The molecule has 0 bridgehead atoms. The molecule has 0 aliphatic heterocycles. The zero-order valence-electron chi connectivity index (χ0n) is 18.1. The molecule has 0 unspecified atom stereocenters. The maximum absolute atomic E-state index is 11.2. The van der Waals surface area contributed by atoms with Crippen molar-refractivity contribution in [3.8, 4) is 0 Å². The Balaban J connectivity index is 0.000000590. The quantitative estimate of drug-likeness (QED) is 0.284. The summed E-state index contributed by atoms with van der Waals surface area (Å²) in [7, 11) is 53.2. The fourth-order valence-corrected chi connectivity index (χ4v) is 3.99. The highest BCUT2D eigenvalue weighted by molar-refractivity contribution is 8.15. The Morgan fingerprint density at radius 1 is 0.935 bits per heavy atom. The van der Waals surface area contributed by atoms with Crippen LogP contribution in [0.25, 0.3) is 0 Å². The number of hydrogen-bond donors (Lipinski definition) is 3. The van der Waals surface area contributed by atoms with Gasteiger partial charge in [0.05, 0.1) is 19.3 Å². The first-order valence-corrected chi connectivity index (χ1v) is 9.91. The van der Waals surface area contributed by atoms with Crippen LogP contribution in [0.5, 0.6) is 0 Å². The third-order valence-corrected chi connectivity index (χ3v) is 5.64. The predicted octanol–water partition coefficient (Wildman–Crippen LogP) is -7.43. The molecule has 19 radical (unpaired) electrons. The van der Waals surface area contributed by atoms with Crippen molar-refractivity contribution in [3.05, 3.63) is 0 Å². The Labute approximate surface area is 202 Å². The summed E-state index contributed by atoms with van der Waals surface area (Å²) in [6.45, 7) is 1.67. The van der Waals surface area contributed by atoms with E-state index in [1.54, 1.807) is 6.92 Å². The minimum Gasteiger partial charge on any atom is -0.467 e. The smallest absolute Gasteiger partial charge is 0.337 e. The molecular weight excluding hydrogens is 372 g/mol. The van der Waals surface area contributed by atoms with Crippen molar-refractivity contribution in [2.45, 2.75) is 37.6 Å². The van der Waals surface area contributed by atoms with Gasteiger partial charge < -0.3 is 20.1 Å². The lowest BCUT2D eigenvalue weighted by molar-refractivity contribution is -0.181. The van der Waals surface area contributed by atoms with E-state index in [2.05, 4.69) is 4.74 Å². The van der Waals surface area contributed by atoms with Crippen molar-refractivity contribution in [1.82, 2.24) is 0 Å². The number of rotatable bonds is 8. The van der Waals surface area contributed by atoms with E-state index in [1.807, 2.05) is 0 Å². The lowest BCUT2D eigenvalue weighted by atomic mass is 8.43. The average Bonchev–Trinajstić information content (AvgIpc) is 2.64. The van der Waals surface area contributed by atoms with Gasteiger partial charge >= 0.3 is 5.97 Å². The average molecular weight is 388 g/mol. The second-order valence-electron chi connectivity index (χ2n) is 8.20. The van der Waals surface area contributed by atoms with Crippen molar-refractivity contribution >= 4 is 127 Å². The molecule has 0 heterocycles. The normalized spacial score (nSPS) is 24.5. The molecule has 0 saturated heterocycles. The summed E-state index contributed by atoms with van der Waals surface area (Å²) in [6, 6.07) is 0. The number of aliphatic hydroxyl groups is 3. The van der Waals surface area contributed by atoms with Crippen LogP contribution < -0.4 is 0 Å². The lowest BCUT2D eigenvalue weighted by Crippen LogP contribution is -2.76. The molecule has 31 heavy (non-hydrogen) atoms. The number of ether oxygens (including phenoxy) is 1. The highest BCUT2D eigenvalue weighted by Crippen LogP contribution is 2.33. The molecule has 1 fully saturated rings. The van der Waals surface area contributed by atoms with Crippen LogP contribution in [0.15, 0.2) is 0 Å². The molecule has 0 aromatic rings. The Bertz CT molecular complexity index is 518. The van der Waals surface area contributed by atoms with Gasteiger partial charge in [0.2, 0.25) is 0 Å². The van der Waals surface area contributed by atoms with Gasteiger partial charge in [0, 0.05) is 128 Å². The summed E-state index contributed by atoms with van der Waals surface area (Å²) < 4.78 is 4.44. The van der Waals surface area contributed by atoms with Gasteiger partial charge in [-0.1, -0.05) is 6.92 Å². The highest BCUT2D eigenvalue weighted by atomic mass is 16.5. The second kappa shape index (κ2) is 14.0. The summed E-state index contributed by atoms with van der Waals surface area (Å²) in [4.78, 5) is 11.2. The molecule has 1 rings (SSSR count). The van der Waals surface area contributed by atoms with Crippen LogP contribution in [0.2, 0.25) is 0 Å². The minimum atomic E-state index is -1.66. The van der Waals surface area contributed by atoms with Crippen molar-refractivity contribution in [1.29, 1.82) is 0 Å². The van der Waals surface area contributed by atoms with Crippen molar-refractivity contribution < 1.29 is 24.9 Å². The molecular formula is C9H16B17O5. The van der Waals surface area contributed by atoms with E-state index in [1.165, 1.54) is 14.2 Å². The molecule has 1 aliphatic carbocycles. The van der Waals surface area contributed by atoms with E-state index in [-0.39, 0.29) is 18.8 Å². The Hall–Kier alpha value is 0.454. The third-order valence-electron chi connectivity index (χ3n) is 5.64. The zero-order valence-corrected chi connectivity index (χ0v) is 18.1. The van der Waals surface area contributed by atoms with Crippen LogP contribution in [0.3, 0.4) is 0 Å². The van der Waals surface area contributed by atoms with Crippen LogP contribution in [0.1, 0.15) is 19.8 Å². The zero-order chi connectivity index (χ0) is 24.7. The first-order valence-electron chi connectivity index (χ1n) is 9.91. The monoisotopic (exact) mass is 391 g/mol.